The first-order valence-corrected chi connectivity index (χ1v) is 13.1. The summed E-state index contributed by atoms with van der Waals surface area (Å²) >= 11 is 0. The number of benzene rings is 2. The van der Waals surface area contributed by atoms with E-state index in [1.165, 1.54) is 30.9 Å². The average molecular weight is 503 g/mol. The molecule has 7 heteroatoms. The van der Waals surface area contributed by atoms with Gasteiger partial charge >= 0.3 is 0 Å². The Kier molecular flexibility index (Phi) is 5.70. The summed E-state index contributed by atoms with van der Waals surface area (Å²) in [6.07, 6.45) is 9.49. The second kappa shape index (κ2) is 9.50. The average Bonchev–Trinajstić information content (AvgIpc) is 3.58. The first kappa shape index (κ1) is 22.8. The van der Waals surface area contributed by atoms with Crippen LogP contribution in [0.25, 0.3) is 55.6 Å². The molecule has 0 atom stereocenters. The maximum absolute atomic E-state index is 14.6. The van der Waals surface area contributed by atoms with Crippen LogP contribution in [-0.2, 0) is 6.54 Å². The standard InChI is InChI=1S/C31H27FN6/c32-26-7-3-2-6-23(26)30-25-16-29(35-27(25)10-11-34-30)31-24-15-21(8-9-28(24)36-37-31)22-14-20(17-33-18-22)19-38-12-4-1-5-13-38/h2-3,6-11,14-18,35H,1,4-5,12-13,19H2,(H,36,37). The van der Waals surface area contributed by atoms with E-state index < -0.39 is 0 Å². The number of hydrogen-bond acceptors (Lipinski definition) is 4. The van der Waals surface area contributed by atoms with Crippen LogP contribution in [0, 0.1) is 5.82 Å². The van der Waals surface area contributed by atoms with Crippen LogP contribution < -0.4 is 0 Å². The monoisotopic (exact) mass is 502 g/mol. The zero-order chi connectivity index (χ0) is 25.5. The number of halogens is 1. The molecule has 1 saturated heterocycles. The highest BCUT2D eigenvalue weighted by molar-refractivity contribution is 6.00. The molecule has 0 saturated carbocycles. The second-order valence-electron chi connectivity index (χ2n) is 10.0. The number of pyridine rings is 2. The van der Waals surface area contributed by atoms with Gasteiger partial charge in [-0.1, -0.05) is 24.6 Å². The van der Waals surface area contributed by atoms with E-state index in [1.807, 2.05) is 30.6 Å². The zero-order valence-corrected chi connectivity index (χ0v) is 20.9. The van der Waals surface area contributed by atoms with E-state index >= 15 is 0 Å². The number of nitrogens with zero attached hydrogens (tertiary/aromatic N) is 4. The Bertz CT molecular complexity index is 1760. The molecule has 6 aromatic rings. The minimum absolute atomic E-state index is 0.291. The van der Waals surface area contributed by atoms with Crippen molar-refractivity contribution in [2.24, 2.45) is 0 Å². The van der Waals surface area contributed by atoms with Crippen LogP contribution in [0.1, 0.15) is 24.8 Å². The van der Waals surface area contributed by atoms with Crippen LogP contribution in [0.15, 0.2) is 79.3 Å². The molecule has 1 aliphatic rings. The fourth-order valence-corrected chi connectivity index (χ4v) is 5.56. The lowest BCUT2D eigenvalue weighted by Crippen LogP contribution is -2.29. The van der Waals surface area contributed by atoms with Gasteiger partial charge in [0.05, 0.1) is 16.9 Å². The van der Waals surface area contributed by atoms with Gasteiger partial charge in [-0.2, -0.15) is 5.10 Å². The fraction of sp³-hybridized carbons (Fsp3) is 0.194. The summed E-state index contributed by atoms with van der Waals surface area (Å²) in [5.41, 5.74) is 8.02. The van der Waals surface area contributed by atoms with Crippen molar-refractivity contribution in [3.8, 4) is 33.8 Å². The maximum atomic E-state index is 14.6. The van der Waals surface area contributed by atoms with Gasteiger partial charge in [-0.05, 0) is 79.5 Å². The molecule has 0 amide bonds. The molecular weight excluding hydrogens is 475 g/mol. The lowest BCUT2D eigenvalue weighted by Gasteiger charge is -2.26. The summed E-state index contributed by atoms with van der Waals surface area (Å²) in [7, 11) is 0. The fourth-order valence-electron chi connectivity index (χ4n) is 5.56. The third kappa shape index (κ3) is 4.15. The van der Waals surface area contributed by atoms with Gasteiger partial charge in [-0.15, -0.1) is 0 Å². The highest BCUT2D eigenvalue weighted by atomic mass is 19.1. The van der Waals surface area contributed by atoms with Crippen LogP contribution in [0.3, 0.4) is 0 Å². The largest absolute Gasteiger partial charge is 0.353 e. The number of piperidine rings is 1. The lowest BCUT2D eigenvalue weighted by atomic mass is 10.0. The molecule has 1 aliphatic heterocycles. The zero-order valence-electron chi connectivity index (χ0n) is 20.9. The summed E-state index contributed by atoms with van der Waals surface area (Å²) in [4.78, 5) is 15.0. The van der Waals surface area contributed by atoms with Gasteiger partial charge in [0.2, 0.25) is 0 Å². The van der Waals surface area contributed by atoms with Gasteiger partial charge in [0.15, 0.2) is 0 Å². The maximum Gasteiger partial charge on any atom is 0.132 e. The molecule has 38 heavy (non-hydrogen) atoms. The molecule has 1 fully saturated rings. The van der Waals surface area contributed by atoms with Crippen molar-refractivity contribution in [1.82, 2.24) is 30.0 Å². The minimum Gasteiger partial charge on any atom is -0.353 e. The SMILES string of the molecule is Fc1ccccc1-c1nccc2[nH]c(-c3n[nH]c4ccc(-c5cncc(CN6CCCCC6)c5)cc34)cc12. The smallest absolute Gasteiger partial charge is 0.132 e. The van der Waals surface area contributed by atoms with Crippen molar-refractivity contribution < 1.29 is 4.39 Å². The van der Waals surface area contributed by atoms with Gasteiger partial charge in [-0.3, -0.25) is 20.0 Å². The van der Waals surface area contributed by atoms with E-state index in [2.05, 4.69) is 54.3 Å². The van der Waals surface area contributed by atoms with Crippen molar-refractivity contribution in [3.05, 3.63) is 90.6 Å². The molecule has 4 aromatic heterocycles. The Labute approximate surface area is 219 Å². The highest BCUT2D eigenvalue weighted by Crippen LogP contribution is 2.35. The summed E-state index contributed by atoms with van der Waals surface area (Å²) in [5.74, 6) is -0.291. The Morgan fingerprint density at radius 3 is 2.58 bits per heavy atom. The Morgan fingerprint density at radius 1 is 0.816 bits per heavy atom. The van der Waals surface area contributed by atoms with Crippen LogP contribution >= 0.6 is 0 Å². The molecule has 0 aliphatic carbocycles. The summed E-state index contributed by atoms with van der Waals surface area (Å²) < 4.78 is 14.6. The molecule has 188 valence electrons. The van der Waals surface area contributed by atoms with E-state index in [9.17, 15) is 4.39 Å². The summed E-state index contributed by atoms with van der Waals surface area (Å²) in [5, 5.41) is 9.67. The van der Waals surface area contributed by atoms with Gasteiger partial charge in [0.25, 0.3) is 0 Å². The number of fused-ring (bicyclic) bond motifs is 2. The summed E-state index contributed by atoms with van der Waals surface area (Å²) in [6.45, 7) is 3.26. The Hall–Kier alpha value is -4.36. The van der Waals surface area contributed by atoms with Crippen molar-refractivity contribution in [2.75, 3.05) is 13.1 Å². The van der Waals surface area contributed by atoms with Crippen LogP contribution in [0.5, 0.6) is 0 Å². The summed E-state index contributed by atoms with van der Waals surface area (Å²) in [6, 6.07) is 19.2. The number of H-pyrrole nitrogens is 2. The third-order valence-corrected chi connectivity index (χ3v) is 7.48. The van der Waals surface area contributed by atoms with Crippen molar-refractivity contribution in [1.29, 1.82) is 0 Å². The van der Waals surface area contributed by atoms with Gasteiger partial charge in [-0.25, -0.2) is 4.39 Å². The second-order valence-corrected chi connectivity index (χ2v) is 10.0. The van der Waals surface area contributed by atoms with Crippen LogP contribution in [-0.4, -0.2) is 43.1 Å². The molecule has 2 aromatic carbocycles. The molecule has 5 heterocycles. The van der Waals surface area contributed by atoms with Crippen LogP contribution in [0.2, 0.25) is 0 Å². The molecule has 0 bridgehead atoms. The molecule has 0 unspecified atom stereocenters. The minimum atomic E-state index is -0.291. The van der Waals surface area contributed by atoms with E-state index in [1.54, 1.807) is 18.3 Å². The number of likely N-dealkylation sites (tertiary alicyclic amines) is 1. The van der Waals surface area contributed by atoms with Crippen LogP contribution in [0.4, 0.5) is 4.39 Å². The van der Waals surface area contributed by atoms with E-state index in [0.717, 1.165) is 64.0 Å². The lowest BCUT2D eigenvalue weighted by molar-refractivity contribution is 0.220. The van der Waals surface area contributed by atoms with E-state index in [0.29, 0.717) is 11.3 Å². The first-order valence-electron chi connectivity index (χ1n) is 13.1. The third-order valence-electron chi connectivity index (χ3n) is 7.48. The molecule has 7 rings (SSSR count). The highest BCUT2D eigenvalue weighted by Gasteiger charge is 2.17. The van der Waals surface area contributed by atoms with Crippen molar-refractivity contribution in [2.45, 2.75) is 25.8 Å². The quantitative estimate of drug-likeness (QED) is 0.267. The Morgan fingerprint density at radius 2 is 1.68 bits per heavy atom. The van der Waals surface area contributed by atoms with E-state index in [-0.39, 0.29) is 5.82 Å². The van der Waals surface area contributed by atoms with E-state index in [4.69, 9.17) is 0 Å². The molecule has 6 nitrogen and oxygen atoms in total. The molecule has 2 N–H and O–H groups in total. The number of aromatic nitrogens is 5. The molecule has 0 spiro atoms. The predicted molar refractivity (Wildman–Crippen MR) is 149 cm³/mol. The van der Waals surface area contributed by atoms with Gasteiger partial charge in [0, 0.05) is 52.6 Å². The molecule has 0 radical (unpaired) electrons. The number of aromatic amines is 2. The number of hydrogen-bond donors (Lipinski definition) is 2. The molecular formula is C31H27FN6. The number of nitrogens with one attached hydrogen (secondary N) is 2. The van der Waals surface area contributed by atoms with Crippen molar-refractivity contribution >= 4 is 21.8 Å². The predicted octanol–water partition coefficient (Wildman–Crippen LogP) is 6.96. The van der Waals surface area contributed by atoms with Gasteiger partial charge < -0.3 is 4.98 Å². The van der Waals surface area contributed by atoms with Crippen molar-refractivity contribution in [3.63, 3.8) is 0 Å². The normalized spacial score (nSPS) is 14.4. The Balaban J connectivity index is 1.26. The first-order chi connectivity index (χ1) is 18.7. The number of rotatable bonds is 5. The van der Waals surface area contributed by atoms with Gasteiger partial charge in [0.1, 0.15) is 11.5 Å². The topological polar surface area (TPSA) is 73.5 Å².